The van der Waals surface area contributed by atoms with E-state index in [0.717, 1.165) is 11.4 Å². The van der Waals surface area contributed by atoms with E-state index in [1.54, 1.807) is 28.6 Å². The van der Waals surface area contributed by atoms with Crippen LogP contribution in [0.25, 0.3) is 16.4 Å². The Hall–Kier alpha value is -3.13. The number of rotatable bonds is 7. The normalized spacial score (nSPS) is 12.5. The molecular weight excluding hydrogens is 410 g/mol. The first-order valence-electron chi connectivity index (χ1n) is 10.2. The first-order valence-corrected chi connectivity index (χ1v) is 11.6. The highest BCUT2D eigenvalue weighted by Crippen LogP contribution is 2.22. The summed E-state index contributed by atoms with van der Waals surface area (Å²) in [7, 11) is 0. The maximum absolute atomic E-state index is 13.5. The molecule has 0 aliphatic carbocycles. The van der Waals surface area contributed by atoms with Crippen LogP contribution >= 0.6 is 11.8 Å². The van der Waals surface area contributed by atoms with E-state index >= 15 is 0 Å². The average molecular weight is 436 g/mol. The largest absolute Gasteiger partial charge is 0.342 e. The predicted octanol–water partition coefficient (Wildman–Crippen LogP) is 3.85. The van der Waals surface area contributed by atoms with Crippen LogP contribution in [0.4, 0.5) is 0 Å². The van der Waals surface area contributed by atoms with Crippen molar-refractivity contribution in [2.45, 2.75) is 32.4 Å². The number of nitrogens with zero attached hydrogens (tertiary/aromatic N) is 4. The molecule has 0 aliphatic rings. The SMILES string of the molecule is CSCC[C@@H](NC(=O)c1cn(C(C)C)c(=O)c2ccccc12)c1nnc2ccccn12. The summed E-state index contributed by atoms with van der Waals surface area (Å²) < 4.78 is 3.51. The number of thioether (sulfide) groups is 1. The summed E-state index contributed by atoms with van der Waals surface area (Å²) in [6.07, 6.45) is 6.31. The topological polar surface area (TPSA) is 81.3 Å². The minimum Gasteiger partial charge on any atom is -0.342 e. The Kier molecular flexibility index (Phi) is 6.08. The Morgan fingerprint density at radius 1 is 1.10 bits per heavy atom. The molecule has 4 rings (SSSR count). The van der Waals surface area contributed by atoms with Crippen LogP contribution in [-0.2, 0) is 0 Å². The lowest BCUT2D eigenvalue weighted by atomic mass is 10.1. The monoisotopic (exact) mass is 435 g/mol. The van der Waals surface area contributed by atoms with Gasteiger partial charge in [-0.1, -0.05) is 24.3 Å². The molecule has 0 fully saturated rings. The Bertz CT molecular complexity index is 1290. The lowest BCUT2D eigenvalue weighted by molar-refractivity contribution is 0.0934. The van der Waals surface area contributed by atoms with Gasteiger partial charge in [0.2, 0.25) is 0 Å². The molecule has 0 aliphatic heterocycles. The lowest BCUT2D eigenvalue weighted by Crippen LogP contribution is -2.32. The number of nitrogens with one attached hydrogen (secondary N) is 1. The van der Waals surface area contributed by atoms with Gasteiger partial charge in [-0.15, -0.1) is 10.2 Å². The van der Waals surface area contributed by atoms with Crippen LogP contribution in [0.3, 0.4) is 0 Å². The molecule has 4 aromatic rings. The van der Waals surface area contributed by atoms with Gasteiger partial charge in [0, 0.05) is 29.2 Å². The standard InChI is InChI=1S/C23H25N5O2S/c1-15(2)28-14-18(16-8-4-5-9-17(16)23(28)30)22(29)24-19(11-13-31-3)21-26-25-20-10-6-7-12-27(20)21/h4-10,12,14-15,19H,11,13H2,1-3H3,(H,24,29)/t19-/m1/s1. The highest BCUT2D eigenvalue weighted by Gasteiger charge is 2.23. The summed E-state index contributed by atoms with van der Waals surface area (Å²) in [6.45, 7) is 3.86. The van der Waals surface area contributed by atoms with Crippen molar-refractivity contribution in [2.24, 2.45) is 0 Å². The highest BCUT2D eigenvalue weighted by molar-refractivity contribution is 7.98. The molecule has 0 saturated heterocycles. The molecule has 1 aromatic carbocycles. The van der Waals surface area contributed by atoms with Crippen molar-refractivity contribution >= 4 is 34.1 Å². The Morgan fingerprint density at radius 3 is 2.58 bits per heavy atom. The van der Waals surface area contributed by atoms with Gasteiger partial charge in [0.1, 0.15) is 0 Å². The molecule has 1 atom stereocenters. The van der Waals surface area contributed by atoms with Crippen molar-refractivity contribution in [1.29, 1.82) is 0 Å². The molecule has 8 heteroatoms. The zero-order valence-electron chi connectivity index (χ0n) is 17.8. The van der Waals surface area contributed by atoms with Crippen molar-refractivity contribution in [2.75, 3.05) is 12.0 Å². The molecule has 1 amide bonds. The van der Waals surface area contributed by atoms with Gasteiger partial charge < -0.3 is 9.88 Å². The first kappa shape index (κ1) is 21.1. The van der Waals surface area contributed by atoms with E-state index in [-0.39, 0.29) is 23.6 Å². The van der Waals surface area contributed by atoms with E-state index in [2.05, 4.69) is 15.5 Å². The number of carbonyl (C=O) groups excluding carboxylic acids is 1. The van der Waals surface area contributed by atoms with Gasteiger partial charge >= 0.3 is 0 Å². The summed E-state index contributed by atoms with van der Waals surface area (Å²) in [4.78, 5) is 26.3. The number of pyridine rings is 2. The quantitative estimate of drug-likeness (QED) is 0.477. The zero-order valence-corrected chi connectivity index (χ0v) is 18.6. The second-order valence-corrected chi connectivity index (χ2v) is 8.67. The number of hydrogen-bond acceptors (Lipinski definition) is 5. The predicted molar refractivity (Wildman–Crippen MR) is 125 cm³/mol. The number of hydrogen-bond donors (Lipinski definition) is 1. The number of fused-ring (bicyclic) bond motifs is 2. The van der Waals surface area contributed by atoms with Crippen LogP contribution in [0.1, 0.15) is 48.5 Å². The lowest BCUT2D eigenvalue weighted by Gasteiger charge is -2.19. The Balaban J connectivity index is 1.77. The van der Waals surface area contributed by atoms with E-state index in [1.165, 1.54) is 0 Å². The van der Waals surface area contributed by atoms with Gasteiger partial charge in [-0.05, 0) is 50.5 Å². The van der Waals surface area contributed by atoms with Gasteiger partial charge in [-0.3, -0.25) is 14.0 Å². The number of aromatic nitrogens is 4. The molecule has 3 aromatic heterocycles. The van der Waals surface area contributed by atoms with Crippen LogP contribution in [0, 0.1) is 0 Å². The van der Waals surface area contributed by atoms with E-state index in [9.17, 15) is 9.59 Å². The van der Waals surface area contributed by atoms with Crippen LogP contribution in [0.5, 0.6) is 0 Å². The van der Waals surface area contributed by atoms with E-state index in [1.807, 2.05) is 67.1 Å². The molecular formula is C23H25N5O2S. The fourth-order valence-electron chi connectivity index (χ4n) is 3.71. The fraction of sp³-hybridized carbons (Fsp3) is 0.304. The smallest absolute Gasteiger partial charge is 0.258 e. The molecule has 0 bridgehead atoms. The van der Waals surface area contributed by atoms with Crippen molar-refractivity contribution in [3.63, 3.8) is 0 Å². The van der Waals surface area contributed by atoms with Crippen LogP contribution in [-0.4, -0.2) is 37.1 Å². The summed E-state index contributed by atoms with van der Waals surface area (Å²) >= 11 is 1.71. The van der Waals surface area contributed by atoms with E-state index in [0.29, 0.717) is 28.6 Å². The minimum absolute atomic E-state index is 0.0589. The molecule has 31 heavy (non-hydrogen) atoms. The molecule has 0 saturated carbocycles. The van der Waals surface area contributed by atoms with Crippen LogP contribution in [0.2, 0.25) is 0 Å². The Morgan fingerprint density at radius 2 is 1.84 bits per heavy atom. The van der Waals surface area contributed by atoms with Gasteiger partial charge in [0.25, 0.3) is 11.5 Å². The Labute approximate surface area is 184 Å². The van der Waals surface area contributed by atoms with E-state index in [4.69, 9.17) is 0 Å². The summed E-state index contributed by atoms with van der Waals surface area (Å²) in [5, 5.41) is 12.9. The van der Waals surface area contributed by atoms with Gasteiger partial charge in [0.15, 0.2) is 11.5 Å². The fourth-order valence-corrected chi connectivity index (χ4v) is 4.18. The van der Waals surface area contributed by atoms with Crippen molar-refractivity contribution in [3.05, 3.63) is 76.6 Å². The highest BCUT2D eigenvalue weighted by atomic mass is 32.2. The maximum atomic E-state index is 13.5. The van der Waals surface area contributed by atoms with E-state index < -0.39 is 0 Å². The number of amides is 1. The molecule has 160 valence electrons. The van der Waals surface area contributed by atoms with Gasteiger partial charge in [0.05, 0.1) is 11.6 Å². The van der Waals surface area contributed by atoms with Gasteiger partial charge in [-0.2, -0.15) is 11.8 Å². The van der Waals surface area contributed by atoms with Gasteiger partial charge in [-0.25, -0.2) is 0 Å². The molecule has 3 heterocycles. The second kappa shape index (κ2) is 8.93. The molecule has 0 radical (unpaired) electrons. The first-order chi connectivity index (χ1) is 15.0. The molecule has 1 N–H and O–H groups in total. The minimum atomic E-state index is -0.310. The summed E-state index contributed by atoms with van der Waals surface area (Å²) in [6, 6.07) is 12.6. The van der Waals surface area contributed by atoms with Crippen molar-refractivity contribution < 1.29 is 4.79 Å². The molecule has 7 nitrogen and oxygen atoms in total. The van der Waals surface area contributed by atoms with Crippen LogP contribution < -0.4 is 10.9 Å². The third kappa shape index (κ3) is 4.07. The van der Waals surface area contributed by atoms with Crippen molar-refractivity contribution in [1.82, 2.24) is 24.5 Å². The third-order valence-electron chi connectivity index (χ3n) is 5.32. The average Bonchev–Trinajstić information content (AvgIpc) is 3.21. The summed E-state index contributed by atoms with van der Waals surface area (Å²) in [5.41, 5.74) is 1.12. The maximum Gasteiger partial charge on any atom is 0.258 e. The van der Waals surface area contributed by atoms with Crippen molar-refractivity contribution in [3.8, 4) is 0 Å². The summed E-state index contributed by atoms with van der Waals surface area (Å²) in [5.74, 6) is 1.32. The second-order valence-electron chi connectivity index (χ2n) is 7.69. The third-order valence-corrected chi connectivity index (χ3v) is 5.96. The number of benzene rings is 1. The molecule has 0 spiro atoms. The molecule has 0 unspecified atom stereocenters. The number of carbonyl (C=O) groups is 1. The van der Waals surface area contributed by atoms with Crippen LogP contribution in [0.15, 0.2) is 59.7 Å². The zero-order chi connectivity index (χ0) is 22.0.